The van der Waals surface area contributed by atoms with Gasteiger partial charge in [0.2, 0.25) is 11.8 Å². The van der Waals surface area contributed by atoms with Crippen LogP contribution in [0.1, 0.15) is 80.1 Å². The first-order valence-electron chi connectivity index (χ1n) is 11.1. The zero-order valence-corrected chi connectivity index (χ0v) is 19.1. The highest BCUT2D eigenvalue weighted by Gasteiger charge is 2.52. The average Bonchev–Trinajstić information content (AvgIpc) is 2.82. The SMILES string of the molecule is CCCCNC(=O)[C@@]1(NC(C)=O)C[C@H](CCB2OC(C)(C)C(C)(C)O2)CCC1N. The number of nitrogens with one attached hydrogen (secondary N) is 2. The van der Waals surface area contributed by atoms with Gasteiger partial charge in [-0.05, 0) is 65.6 Å². The van der Waals surface area contributed by atoms with Gasteiger partial charge in [-0.2, -0.15) is 0 Å². The summed E-state index contributed by atoms with van der Waals surface area (Å²) in [5.74, 6) is -0.107. The second-order valence-corrected chi connectivity index (χ2v) is 9.78. The average molecular weight is 409 g/mol. The number of carbonyl (C=O) groups is 2. The highest BCUT2D eigenvalue weighted by Crippen LogP contribution is 2.40. The van der Waals surface area contributed by atoms with E-state index in [0.717, 1.165) is 32.0 Å². The van der Waals surface area contributed by atoms with Crippen LogP contribution in [0.25, 0.3) is 0 Å². The van der Waals surface area contributed by atoms with Gasteiger partial charge in [-0.25, -0.2) is 0 Å². The van der Waals surface area contributed by atoms with Gasteiger partial charge in [-0.1, -0.05) is 19.8 Å². The van der Waals surface area contributed by atoms with E-state index in [-0.39, 0.29) is 42.1 Å². The molecule has 1 saturated carbocycles. The zero-order valence-electron chi connectivity index (χ0n) is 19.1. The molecule has 3 atom stereocenters. The third-order valence-electron chi connectivity index (χ3n) is 6.86. The van der Waals surface area contributed by atoms with Crippen LogP contribution in [0.2, 0.25) is 6.32 Å². The quantitative estimate of drug-likeness (QED) is 0.422. The van der Waals surface area contributed by atoms with Crippen LogP contribution in [-0.4, -0.2) is 48.3 Å². The molecule has 1 aliphatic heterocycles. The van der Waals surface area contributed by atoms with Crippen molar-refractivity contribution in [3.05, 3.63) is 0 Å². The number of hydrogen-bond acceptors (Lipinski definition) is 5. The molecule has 1 saturated heterocycles. The van der Waals surface area contributed by atoms with Crippen LogP contribution >= 0.6 is 0 Å². The van der Waals surface area contributed by atoms with Gasteiger partial charge in [-0.3, -0.25) is 9.59 Å². The fourth-order valence-electron chi connectivity index (χ4n) is 4.38. The molecule has 166 valence electrons. The van der Waals surface area contributed by atoms with Gasteiger partial charge < -0.3 is 25.7 Å². The van der Waals surface area contributed by atoms with E-state index in [4.69, 9.17) is 15.0 Å². The Balaban J connectivity index is 2.04. The Labute approximate surface area is 176 Å². The fraction of sp³-hybridized carbons (Fsp3) is 0.905. The van der Waals surface area contributed by atoms with Gasteiger partial charge in [0.25, 0.3) is 0 Å². The number of nitrogens with two attached hydrogens (primary N) is 1. The summed E-state index contributed by atoms with van der Waals surface area (Å²) in [7, 11) is -0.246. The van der Waals surface area contributed by atoms with Gasteiger partial charge >= 0.3 is 7.12 Å². The van der Waals surface area contributed by atoms with Gasteiger partial charge in [-0.15, -0.1) is 0 Å². The third-order valence-corrected chi connectivity index (χ3v) is 6.86. The molecule has 0 radical (unpaired) electrons. The number of carbonyl (C=O) groups excluding carboxylic acids is 2. The molecule has 8 heteroatoms. The molecule has 2 fully saturated rings. The summed E-state index contributed by atoms with van der Waals surface area (Å²) in [5.41, 5.74) is 4.67. The van der Waals surface area contributed by atoms with E-state index in [1.807, 2.05) is 0 Å². The van der Waals surface area contributed by atoms with E-state index in [2.05, 4.69) is 45.3 Å². The molecular formula is C21H40BN3O4. The fourth-order valence-corrected chi connectivity index (χ4v) is 4.38. The second kappa shape index (κ2) is 9.35. The molecule has 2 rings (SSSR count). The number of amides is 2. The van der Waals surface area contributed by atoms with Crippen molar-refractivity contribution >= 4 is 18.9 Å². The molecule has 2 aliphatic rings. The molecule has 7 nitrogen and oxygen atoms in total. The van der Waals surface area contributed by atoms with Crippen LogP contribution in [0.5, 0.6) is 0 Å². The van der Waals surface area contributed by atoms with Crippen molar-refractivity contribution in [2.75, 3.05) is 6.54 Å². The zero-order chi connectivity index (χ0) is 21.9. The maximum atomic E-state index is 13.1. The Morgan fingerprint density at radius 2 is 1.76 bits per heavy atom. The largest absolute Gasteiger partial charge is 0.457 e. The summed E-state index contributed by atoms with van der Waals surface area (Å²) >= 11 is 0. The van der Waals surface area contributed by atoms with Crippen molar-refractivity contribution in [3.8, 4) is 0 Å². The monoisotopic (exact) mass is 409 g/mol. The van der Waals surface area contributed by atoms with Gasteiger partial charge in [0.05, 0.1) is 11.2 Å². The van der Waals surface area contributed by atoms with Crippen LogP contribution in [-0.2, 0) is 18.9 Å². The van der Waals surface area contributed by atoms with E-state index in [9.17, 15) is 9.59 Å². The Morgan fingerprint density at radius 1 is 1.14 bits per heavy atom. The molecule has 1 heterocycles. The first kappa shape index (κ1) is 24.2. The molecule has 0 aromatic heterocycles. The van der Waals surface area contributed by atoms with E-state index >= 15 is 0 Å². The lowest BCUT2D eigenvalue weighted by Gasteiger charge is -2.44. The summed E-state index contributed by atoms with van der Waals surface area (Å²) in [6.07, 6.45) is 5.72. The maximum absolute atomic E-state index is 13.1. The summed E-state index contributed by atoms with van der Waals surface area (Å²) in [4.78, 5) is 25.0. The van der Waals surface area contributed by atoms with Crippen LogP contribution in [0.4, 0.5) is 0 Å². The minimum Gasteiger partial charge on any atom is -0.403 e. The molecule has 0 aromatic rings. The lowest BCUT2D eigenvalue weighted by molar-refractivity contribution is -0.136. The molecule has 0 spiro atoms. The minimum atomic E-state index is -1.04. The second-order valence-electron chi connectivity index (χ2n) is 9.78. The molecule has 29 heavy (non-hydrogen) atoms. The molecule has 2 amide bonds. The lowest BCUT2D eigenvalue weighted by atomic mass is 9.68. The van der Waals surface area contributed by atoms with Crippen molar-refractivity contribution in [2.24, 2.45) is 11.7 Å². The van der Waals surface area contributed by atoms with Crippen molar-refractivity contribution < 1.29 is 18.9 Å². The number of rotatable bonds is 8. The topological polar surface area (TPSA) is 103 Å². The smallest absolute Gasteiger partial charge is 0.403 e. The Bertz CT molecular complexity index is 582. The van der Waals surface area contributed by atoms with Gasteiger partial charge in [0.15, 0.2) is 0 Å². The predicted octanol–water partition coefficient (Wildman–Crippen LogP) is 2.39. The summed E-state index contributed by atoms with van der Waals surface area (Å²) < 4.78 is 12.2. The van der Waals surface area contributed by atoms with E-state index < -0.39 is 5.54 Å². The third kappa shape index (κ3) is 5.53. The summed E-state index contributed by atoms with van der Waals surface area (Å²) in [5, 5.41) is 5.90. The number of unbranched alkanes of at least 4 members (excludes halogenated alkanes) is 1. The first-order chi connectivity index (χ1) is 13.4. The predicted molar refractivity (Wildman–Crippen MR) is 115 cm³/mol. The summed E-state index contributed by atoms with van der Waals surface area (Å²) in [6.45, 7) is 12.3. The van der Waals surface area contributed by atoms with E-state index in [0.29, 0.717) is 19.4 Å². The van der Waals surface area contributed by atoms with Crippen LogP contribution in [0.15, 0.2) is 0 Å². The van der Waals surface area contributed by atoms with E-state index in [1.54, 1.807) is 0 Å². The molecular weight excluding hydrogens is 369 g/mol. The van der Waals surface area contributed by atoms with Gasteiger partial charge in [0, 0.05) is 19.5 Å². The van der Waals surface area contributed by atoms with E-state index in [1.165, 1.54) is 6.92 Å². The van der Waals surface area contributed by atoms with Gasteiger partial charge in [0.1, 0.15) is 5.54 Å². The molecule has 0 bridgehead atoms. The van der Waals surface area contributed by atoms with Crippen LogP contribution in [0, 0.1) is 5.92 Å². The number of hydrogen-bond donors (Lipinski definition) is 3. The van der Waals surface area contributed by atoms with Crippen molar-refractivity contribution in [1.82, 2.24) is 10.6 Å². The Kier molecular flexibility index (Phi) is 7.79. The first-order valence-corrected chi connectivity index (χ1v) is 11.1. The van der Waals surface area contributed by atoms with Crippen molar-refractivity contribution in [1.29, 1.82) is 0 Å². The van der Waals surface area contributed by atoms with Crippen molar-refractivity contribution in [3.63, 3.8) is 0 Å². The molecule has 1 aliphatic carbocycles. The van der Waals surface area contributed by atoms with Crippen molar-refractivity contribution in [2.45, 2.75) is 109 Å². The maximum Gasteiger partial charge on any atom is 0.457 e. The minimum absolute atomic E-state index is 0.158. The lowest BCUT2D eigenvalue weighted by Crippen LogP contribution is -2.69. The van der Waals surface area contributed by atoms with Crippen LogP contribution in [0.3, 0.4) is 0 Å². The Morgan fingerprint density at radius 3 is 2.31 bits per heavy atom. The molecule has 1 unspecified atom stereocenters. The highest BCUT2D eigenvalue weighted by molar-refractivity contribution is 6.45. The standard InChI is InChI=1S/C21H40BN3O4/c1-7-8-13-24-18(27)21(25-15(2)26)14-16(9-10-17(21)23)11-12-22-28-19(3,4)20(5,6)29-22/h16-17H,7-14,23H2,1-6H3,(H,24,27)(H,25,26)/t16-,17?,21+/m0/s1. The Hall–Kier alpha value is -1.12. The van der Waals surface area contributed by atoms with Crippen LogP contribution < -0.4 is 16.4 Å². The molecule has 4 N–H and O–H groups in total. The highest BCUT2D eigenvalue weighted by atomic mass is 16.7. The normalized spacial score (nSPS) is 30.8. The summed E-state index contributed by atoms with van der Waals surface area (Å²) in [6, 6.07) is -0.388. The molecule has 0 aromatic carbocycles.